The third-order valence-corrected chi connectivity index (χ3v) is 3.76. The highest BCUT2D eigenvalue weighted by Gasteiger charge is 2.38. The summed E-state index contributed by atoms with van der Waals surface area (Å²) in [7, 11) is 0. The van der Waals surface area contributed by atoms with E-state index in [4.69, 9.17) is 0 Å². The number of nitrogens with one attached hydrogen (secondary N) is 1. The van der Waals surface area contributed by atoms with E-state index in [0.29, 0.717) is 10.5 Å². The molecule has 0 unspecified atom stereocenters. The Hall–Kier alpha value is -2.37. The van der Waals surface area contributed by atoms with Crippen LogP contribution in [0.15, 0.2) is 17.0 Å². The number of carbonyl (C=O) groups is 1. The van der Waals surface area contributed by atoms with Crippen molar-refractivity contribution in [2.24, 2.45) is 0 Å². The molecule has 0 atom stereocenters. The fourth-order valence-corrected chi connectivity index (χ4v) is 2.40. The third kappa shape index (κ3) is 4.00. The first-order valence-corrected chi connectivity index (χ1v) is 7.78. The molecule has 0 aliphatic carbocycles. The summed E-state index contributed by atoms with van der Waals surface area (Å²) in [6.07, 6.45) is -3.35. The second-order valence-corrected chi connectivity index (χ2v) is 5.65. The normalized spacial score (nSPS) is 11.8. The molecule has 0 bridgehead atoms. The van der Waals surface area contributed by atoms with E-state index >= 15 is 0 Å². The molecule has 1 amide bonds. The number of nitrogens with zero attached hydrogens (tertiary/aromatic N) is 3. The number of aryl methyl sites for hydroxylation is 1. The van der Waals surface area contributed by atoms with E-state index in [2.05, 4.69) is 10.1 Å². The fraction of sp³-hybridized carbons (Fsp3) is 0.308. The smallest absolute Gasteiger partial charge is 0.453 e. The number of rotatable bonds is 4. The van der Waals surface area contributed by atoms with Gasteiger partial charge in [0.25, 0.3) is 11.7 Å². The van der Waals surface area contributed by atoms with Crippen LogP contribution in [0.4, 0.5) is 27.9 Å². The predicted molar refractivity (Wildman–Crippen MR) is 78.9 cm³/mol. The highest BCUT2D eigenvalue weighted by Crippen LogP contribution is 2.31. The second-order valence-electron chi connectivity index (χ2n) is 4.77. The Morgan fingerprint density at radius 1 is 1.36 bits per heavy atom. The Morgan fingerprint density at radius 3 is 2.52 bits per heavy atom. The molecular weight excluding hydrogens is 371 g/mol. The number of benzene rings is 1. The summed E-state index contributed by atoms with van der Waals surface area (Å²) < 4.78 is 63.1. The van der Waals surface area contributed by atoms with Crippen LogP contribution in [0.1, 0.15) is 28.3 Å². The van der Waals surface area contributed by atoms with Gasteiger partial charge in [-0.25, -0.2) is 0 Å². The maximum absolute atomic E-state index is 12.8. The molecule has 2 N–H and O–H groups in total. The van der Waals surface area contributed by atoms with Gasteiger partial charge < -0.3 is 5.11 Å². The molecule has 0 saturated heterocycles. The summed E-state index contributed by atoms with van der Waals surface area (Å²) in [5.74, 6) is -4.42. The van der Waals surface area contributed by atoms with Crippen LogP contribution >= 0.6 is 11.8 Å². The van der Waals surface area contributed by atoms with E-state index in [-0.39, 0.29) is 10.2 Å². The van der Waals surface area contributed by atoms with Crippen LogP contribution in [-0.2, 0) is 6.18 Å². The van der Waals surface area contributed by atoms with Crippen LogP contribution in [0.5, 0.6) is 5.75 Å². The molecule has 0 aliphatic rings. The van der Waals surface area contributed by atoms with Gasteiger partial charge >= 0.3 is 12.7 Å². The molecule has 0 radical (unpaired) electrons. The summed E-state index contributed by atoms with van der Waals surface area (Å²) >= 11 is 1.25. The summed E-state index contributed by atoms with van der Waals surface area (Å²) in [6, 6.07) is 2.86. The van der Waals surface area contributed by atoms with Crippen LogP contribution < -0.4 is 5.32 Å². The molecule has 1 aromatic carbocycles. The lowest BCUT2D eigenvalue weighted by molar-refractivity contribution is -0.145. The first-order chi connectivity index (χ1) is 11.5. The number of alkyl halides is 5. The topological polar surface area (TPSA) is 80.0 Å². The number of aromatic nitrogens is 3. The van der Waals surface area contributed by atoms with E-state index in [1.54, 1.807) is 12.3 Å². The standard InChI is InChI=1S/C13H11F5N4O2S/c1-5-3-6(25-2)4-7(8(5)23)9(24)19-12-20-10(13(16,17)18)21-22(12)11(14)15/h3-4,11,23H,1-2H3,(H,19,20,21,24). The summed E-state index contributed by atoms with van der Waals surface area (Å²) in [6.45, 7) is -1.94. The largest absolute Gasteiger partial charge is 0.507 e. The number of anilines is 1. The maximum Gasteiger partial charge on any atom is 0.453 e. The van der Waals surface area contributed by atoms with E-state index in [0.717, 1.165) is 0 Å². The Kier molecular flexibility index (Phi) is 5.20. The zero-order valence-electron chi connectivity index (χ0n) is 12.7. The highest BCUT2D eigenvalue weighted by molar-refractivity contribution is 7.98. The number of hydrogen-bond donors (Lipinski definition) is 2. The molecule has 1 aromatic heterocycles. The van der Waals surface area contributed by atoms with Gasteiger partial charge in [0.1, 0.15) is 5.75 Å². The molecule has 2 aromatic rings. The van der Waals surface area contributed by atoms with Crippen LogP contribution in [-0.4, -0.2) is 32.0 Å². The molecule has 2 rings (SSSR count). The van der Waals surface area contributed by atoms with E-state index in [1.807, 2.05) is 5.32 Å². The first-order valence-electron chi connectivity index (χ1n) is 6.55. The minimum Gasteiger partial charge on any atom is -0.507 e. The van der Waals surface area contributed by atoms with Gasteiger partial charge in [0.2, 0.25) is 5.95 Å². The summed E-state index contributed by atoms with van der Waals surface area (Å²) in [5.41, 5.74) is 0.0463. The monoisotopic (exact) mass is 382 g/mol. The number of hydrogen-bond acceptors (Lipinski definition) is 5. The average Bonchev–Trinajstić information content (AvgIpc) is 2.94. The quantitative estimate of drug-likeness (QED) is 0.623. The summed E-state index contributed by atoms with van der Waals surface area (Å²) in [4.78, 5) is 15.7. The Labute approximate surface area is 142 Å². The number of halogens is 5. The minimum atomic E-state index is -5.06. The van der Waals surface area contributed by atoms with Gasteiger partial charge in [0.15, 0.2) is 0 Å². The molecule has 6 nitrogen and oxygen atoms in total. The van der Waals surface area contributed by atoms with E-state index < -0.39 is 36.2 Å². The van der Waals surface area contributed by atoms with Crippen molar-refractivity contribution in [3.05, 3.63) is 29.1 Å². The van der Waals surface area contributed by atoms with Crippen molar-refractivity contribution in [3.63, 3.8) is 0 Å². The second kappa shape index (κ2) is 6.86. The Balaban J connectivity index is 2.41. The molecule has 1 heterocycles. The average molecular weight is 382 g/mol. The van der Waals surface area contributed by atoms with Crippen LogP contribution in [0.2, 0.25) is 0 Å². The van der Waals surface area contributed by atoms with Gasteiger partial charge in [-0.2, -0.15) is 31.6 Å². The third-order valence-electron chi connectivity index (χ3n) is 3.05. The van der Waals surface area contributed by atoms with Crippen LogP contribution in [0.25, 0.3) is 0 Å². The SMILES string of the molecule is CSc1cc(C)c(O)c(C(=O)Nc2nc(C(F)(F)F)nn2C(F)F)c1. The first kappa shape index (κ1) is 19.0. The number of thioether (sulfide) groups is 1. The number of amides is 1. The van der Waals surface area contributed by atoms with Gasteiger partial charge in [0, 0.05) is 4.90 Å². The van der Waals surface area contributed by atoms with Gasteiger partial charge in [0.05, 0.1) is 5.56 Å². The lowest BCUT2D eigenvalue weighted by Crippen LogP contribution is -2.17. The van der Waals surface area contributed by atoms with Crippen molar-refractivity contribution in [1.82, 2.24) is 14.8 Å². The van der Waals surface area contributed by atoms with Crippen molar-refractivity contribution < 1.29 is 31.9 Å². The number of carbonyl (C=O) groups excluding carboxylic acids is 1. The van der Waals surface area contributed by atoms with Gasteiger partial charge in [-0.1, -0.05) is 0 Å². The van der Waals surface area contributed by atoms with Crippen LogP contribution in [0.3, 0.4) is 0 Å². The lowest BCUT2D eigenvalue weighted by atomic mass is 10.1. The van der Waals surface area contributed by atoms with Crippen molar-refractivity contribution in [3.8, 4) is 5.75 Å². The van der Waals surface area contributed by atoms with Gasteiger partial charge in [-0.05, 0) is 30.9 Å². The molecule has 25 heavy (non-hydrogen) atoms. The molecule has 12 heteroatoms. The molecular formula is C13H11F5N4O2S. The fourth-order valence-electron chi connectivity index (χ4n) is 1.87. The zero-order valence-corrected chi connectivity index (χ0v) is 13.5. The minimum absolute atomic E-state index is 0.290. The summed E-state index contributed by atoms with van der Waals surface area (Å²) in [5, 5.41) is 14.4. The lowest BCUT2D eigenvalue weighted by Gasteiger charge is -2.10. The van der Waals surface area contributed by atoms with Crippen molar-refractivity contribution >= 4 is 23.6 Å². The van der Waals surface area contributed by atoms with Gasteiger partial charge in [-0.15, -0.1) is 16.9 Å². The Morgan fingerprint density at radius 2 is 2.00 bits per heavy atom. The number of aromatic hydroxyl groups is 1. The van der Waals surface area contributed by atoms with E-state index in [1.165, 1.54) is 24.8 Å². The molecule has 0 spiro atoms. The zero-order chi connectivity index (χ0) is 18.9. The molecule has 0 fully saturated rings. The van der Waals surface area contributed by atoms with E-state index in [9.17, 15) is 31.9 Å². The molecule has 0 aliphatic heterocycles. The van der Waals surface area contributed by atoms with Crippen molar-refractivity contribution in [2.45, 2.75) is 24.5 Å². The van der Waals surface area contributed by atoms with Crippen molar-refractivity contribution in [1.29, 1.82) is 0 Å². The number of phenolic OH excluding ortho intramolecular Hbond substituents is 1. The highest BCUT2D eigenvalue weighted by atomic mass is 32.2. The maximum atomic E-state index is 12.8. The number of phenols is 1. The molecule has 0 saturated carbocycles. The van der Waals surface area contributed by atoms with Gasteiger partial charge in [-0.3, -0.25) is 10.1 Å². The Bertz CT molecular complexity index is 806. The predicted octanol–water partition coefficient (Wildman–Crippen LogP) is 3.68. The molecule has 136 valence electrons. The van der Waals surface area contributed by atoms with Crippen molar-refractivity contribution in [2.75, 3.05) is 11.6 Å². The van der Waals surface area contributed by atoms with Crippen LogP contribution in [0, 0.1) is 6.92 Å².